The maximum Gasteiger partial charge on any atom is 0.0704 e. The van der Waals surface area contributed by atoms with Gasteiger partial charge in [0.25, 0.3) is 0 Å². The van der Waals surface area contributed by atoms with Crippen LogP contribution in [0.15, 0.2) is 42.6 Å². The van der Waals surface area contributed by atoms with Crippen LogP contribution in [0.2, 0.25) is 0 Å². The highest BCUT2D eigenvalue weighted by molar-refractivity contribution is 5.31. The average Bonchev–Trinajstić information content (AvgIpc) is 2.81. The first kappa shape index (κ1) is 9.96. The number of hydrogen-bond acceptors (Lipinski definition) is 2. The smallest absolute Gasteiger partial charge is 0.0704 e. The molecule has 0 bridgehead atoms. The van der Waals surface area contributed by atoms with Crippen molar-refractivity contribution in [2.75, 3.05) is 0 Å². The van der Waals surface area contributed by atoms with Gasteiger partial charge in [0, 0.05) is 18.4 Å². The van der Waals surface area contributed by atoms with Crippen molar-refractivity contribution in [3.8, 4) is 0 Å². The van der Waals surface area contributed by atoms with Crippen molar-refractivity contribution < 1.29 is 0 Å². The van der Waals surface area contributed by atoms with Gasteiger partial charge in [-0.1, -0.05) is 24.3 Å². The Bertz CT molecular complexity index is 420. The Kier molecular flexibility index (Phi) is 2.85. The molecule has 0 amide bonds. The number of hydrogen-bond donors (Lipinski definition) is 3. The second kappa shape index (κ2) is 4.29. The lowest BCUT2D eigenvalue weighted by molar-refractivity contribution is 0.835. The molecule has 0 radical (unpaired) electrons. The molecule has 5 N–H and O–H groups in total. The summed E-state index contributed by atoms with van der Waals surface area (Å²) in [6.45, 7) is 0.547. The largest absolute Gasteiger partial charge is 0.363 e. The van der Waals surface area contributed by atoms with Crippen LogP contribution in [0.3, 0.4) is 0 Å². The van der Waals surface area contributed by atoms with Crippen LogP contribution < -0.4 is 11.5 Å². The van der Waals surface area contributed by atoms with E-state index in [1.807, 2.05) is 42.6 Å². The maximum absolute atomic E-state index is 6.11. The molecule has 0 aliphatic carbocycles. The van der Waals surface area contributed by atoms with E-state index in [1.165, 1.54) is 0 Å². The van der Waals surface area contributed by atoms with Gasteiger partial charge in [0.05, 0.1) is 6.04 Å². The van der Waals surface area contributed by atoms with Crippen molar-refractivity contribution in [3.05, 3.63) is 59.4 Å². The van der Waals surface area contributed by atoms with E-state index in [4.69, 9.17) is 11.5 Å². The molecule has 1 atom stereocenters. The molecule has 3 heteroatoms. The Morgan fingerprint density at radius 3 is 2.73 bits per heavy atom. The van der Waals surface area contributed by atoms with Gasteiger partial charge >= 0.3 is 0 Å². The molecule has 78 valence electrons. The van der Waals surface area contributed by atoms with Crippen LogP contribution in [0.5, 0.6) is 0 Å². The van der Waals surface area contributed by atoms with Crippen molar-refractivity contribution in [1.82, 2.24) is 4.98 Å². The van der Waals surface area contributed by atoms with Crippen molar-refractivity contribution in [2.45, 2.75) is 12.6 Å². The number of nitrogens with one attached hydrogen (secondary N) is 1. The molecule has 0 aliphatic heterocycles. The van der Waals surface area contributed by atoms with E-state index < -0.39 is 0 Å². The molecular weight excluding hydrogens is 186 g/mol. The molecule has 1 aromatic carbocycles. The molecule has 2 rings (SSSR count). The Morgan fingerprint density at radius 1 is 1.20 bits per heavy atom. The van der Waals surface area contributed by atoms with Crippen LogP contribution in [-0.4, -0.2) is 4.98 Å². The topological polar surface area (TPSA) is 67.8 Å². The zero-order valence-electron chi connectivity index (χ0n) is 8.48. The van der Waals surface area contributed by atoms with Gasteiger partial charge in [0.2, 0.25) is 0 Å². The summed E-state index contributed by atoms with van der Waals surface area (Å²) in [5.41, 5.74) is 14.9. The van der Waals surface area contributed by atoms with Crippen LogP contribution in [0.1, 0.15) is 22.9 Å². The number of benzene rings is 1. The van der Waals surface area contributed by atoms with E-state index in [1.54, 1.807) is 0 Å². The van der Waals surface area contributed by atoms with E-state index in [2.05, 4.69) is 4.98 Å². The Balaban J connectivity index is 2.29. The minimum absolute atomic E-state index is 0.105. The van der Waals surface area contributed by atoms with Gasteiger partial charge < -0.3 is 16.5 Å². The fraction of sp³-hybridized carbons (Fsp3) is 0.167. The molecule has 1 unspecified atom stereocenters. The summed E-state index contributed by atoms with van der Waals surface area (Å²) in [6, 6.07) is 11.9. The predicted molar refractivity (Wildman–Crippen MR) is 61.2 cm³/mol. The van der Waals surface area contributed by atoms with Crippen LogP contribution in [0.4, 0.5) is 0 Å². The Morgan fingerprint density at radius 2 is 2.07 bits per heavy atom. The summed E-state index contributed by atoms with van der Waals surface area (Å²) in [5.74, 6) is 0. The summed E-state index contributed by atoms with van der Waals surface area (Å²) in [4.78, 5) is 3.12. The third kappa shape index (κ3) is 2.09. The zero-order chi connectivity index (χ0) is 10.7. The zero-order valence-corrected chi connectivity index (χ0v) is 8.48. The van der Waals surface area contributed by atoms with Gasteiger partial charge in [0.1, 0.15) is 0 Å². The molecule has 0 spiro atoms. The summed E-state index contributed by atoms with van der Waals surface area (Å²) >= 11 is 0. The van der Waals surface area contributed by atoms with Gasteiger partial charge in [0.15, 0.2) is 0 Å². The second-order valence-electron chi connectivity index (χ2n) is 3.55. The van der Waals surface area contributed by atoms with Crippen LogP contribution in [0, 0.1) is 0 Å². The molecule has 0 saturated carbocycles. The van der Waals surface area contributed by atoms with Crippen molar-refractivity contribution in [2.24, 2.45) is 11.5 Å². The van der Waals surface area contributed by atoms with Crippen molar-refractivity contribution >= 4 is 0 Å². The van der Waals surface area contributed by atoms with E-state index in [0.717, 1.165) is 16.8 Å². The second-order valence-corrected chi connectivity index (χ2v) is 3.55. The lowest BCUT2D eigenvalue weighted by Crippen LogP contribution is -2.12. The molecule has 0 saturated heterocycles. The summed E-state index contributed by atoms with van der Waals surface area (Å²) < 4.78 is 0. The monoisotopic (exact) mass is 201 g/mol. The first-order valence-electron chi connectivity index (χ1n) is 4.99. The molecule has 3 nitrogen and oxygen atoms in total. The minimum atomic E-state index is -0.105. The first-order chi connectivity index (χ1) is 7.31. The molecule has 0 fully saturated rings. The van der Waals surface area contributed by atoms with Crippen LogP contribution in [0.25, 0.3) is 0 Å². The quantitative estimate of drug-likeness (QED) is 0.704. The van der Waals surface area contributed by atoms with Gasteiger partial charge in [-0.25, -0.2) is 0 Å². The highest BCUT2D eigenvalue weighted by Crippen LogP contribution is 2.18. The van der Waals surface area contributed by atoms with Crippen LogP contribution >= 0.6 is 0 Å². The fourth-order valence-corrected chi connectivity index (χ4v) is 1.63. The third-order valence-corrected chi connectivity index (χ3v) is 2.50. The molecule has 1 aromatic heterocycles. The number of H-pyrrole nitrogens is 1. The molecule has 1 heterocycles. The average molecular weight is 201 g/mol. The highest BCUT2D eigenvalue weighted by atomic mass is 14.8. The van der Waals surface area contributed by atoms with E-state index in [0.29, 0.717) is 6.54 Å². The number of aromatic nitrogens is 1. The summed E-state index contributed by atoms with van der Waals surface area (Å²) in [7, 11) is 0. The normalized spacial score (nSPS) is 12.7. The molecule has 0 aliphatic rings. The lowest BCUT2D eigenvalue weighted by Gasteiger charge is -2.11. The lowest BCUT2D eigenvalue weighted by atomic mass is 10.0. The number of aromatic amines is 1. The number of nitrogens with two attached hydrogens (primary N) is 2. The van der Waals surface area contributed by atoms with Crippen molar-refractivity contribution in [1.29, 1.82) is 0 Å². The van der Waals surface area contributed by atoms with Gasteiger partial charge in [-0.15, -0.1) is 0 Å². The standard InChI is InChI=1S/C12H15N3/c13-8-9-3-1-4-10(7-9)12(14)11-5-2-6-15-11/h1-7,12,15H,8,13-14H2. The minimum Gasteiger partial charge on any atom is -0.363 e. The maximum atomic E-state index is 6.11. The molecule has 15 heavy (non-hydrogen) atoms. The number of rotatable bonds is 3. The summed E-state index contributed by atoms with van der Waals surface area (Å²) in [6.07, 6.45) is 1.88. The third-order valence-electron chi connectivity index (χ3n) is 2.50. The summed E-state index contributed by atoms with van der Waals surface area (Å²) in [5, 5.41) is 0. The van der Waals surface area contributed by atoms with Gasteiger partial charge in [-0.3, -0.25) is 0 Å². The predicted octanol–water partition coefficient (Wildman–Crippen LogP) is 1.52. The van der Waals surface area contributed by atoms with Gasteiger partial charge in [-0.2, -0.15) is 0 Å². The van der Waals surface area contributed by atoms with Crippen molar-refractivity contribution in [3.63, 3.8) is 0 Å². The van der Waals surface area contributed by atoms with E-state index in [9.17, 15) is 0 Å². The first-order valence-corrected chi connectivity index (χ1v) is 4.99. The SMILES string of the molecule is NCc1cccc(C(N)c2ccc[nH]2)c1. The fourth-order valence-electron chi connectivity index (χ4n) is 1.63. The highest BCUT2D eigenvalue weighted by Gasteiger charge is 2.09. The molecular formula is C12H15N3. The van der Waals surface area contributed by atoms with Gasteiger partial charge in [-0.05, 0) is 23.3 Å². The van der Waals surface area contributed by atoms with E-state index in [-0.39, 0.29) is 6.04 Å². The van der Waals surface area contributed by atoms with Crippen LogP contribution in [-0.2, 0) is 6.54 Å². The molecule has 2 aromatic rings. The Hall–Kier alpha value is -1.58. The Labute approximate surface area is 89.1 Å². The van der Waals surface area contributed by atoms with E-state index >= 15 is 0 Å².